The molecular formula is C20H15NO4. The van der Waals surface area contributed by atoms with Crippen LogP contribution in [0.25, 0.3) is 10.8 Å². The summed E-state index contributed by atoms with van der Waals surface area (Å²) in [7, 11) is 1.26. The molecule has 1 aliphatic heterocycles. The van der Waals surface area contributed by atoms with Crippen molar-refractivity contribution >= 4 is 22.5 Å². The second-order valence-corrected chi connectivity index (χ2v) is 5.89. The first-order valence-electron chi connectivity index (χ1n) is 7.81. The van der Waals surface area contributed by atoms with E-state index in [1.54, 1.807) is 42.5 Å². The first-order valence-corrected chi connectivity index (χ1v) is 7.81. The lowest BCUT2D eigenvalue weighted by atomic mass is 9.91. The third-order valence-corrected chi connectivity index (χ3v) is 4.51. The number of carbonyl (C=O) groups excluding carboxylic acids is 2. The van der Waals surface area contributed by atoms with Crippen molar-refractivity contribution in [2.45, 2.75) is 5.72 Å². The van der Waals surface area contributed by atoms with Gasteiger partial charge in [0.15, 0.2) is 0 Å². The number of hydroxylamine groups is 2. The maximum absolute atomic E-state index is 13.1. The van der Waals surface area contributed by atoms with Gasteiger partial charge in [-0.1, -0.05) is 54.6 Å². The fourth-order valence-electron chi connectivity index (χ4n) is 3.29. The highest BCUT2D eigenvalue weighted by atomic mass is 16.7. The van der Waals surface area contributed by atoms with Crippen LogP contribution in [0.2, 0.25) is 0 Å². The predicted molar refractivity (Wildman–Crippen MR) is 91.8 cm³/mol. The standard InChI is InChI=1S/C20H15NO4/c1-25-21-19(23)16-11-14-9-5-6-10-15(14)12-17(16)20(21,24)18(22)13-7-3-2-4-8-13/h2-12,24H,1H3. The molecule has 5 nitrogen and oxygen atoms in total. The number of carbonyl (C=O) groups is 2. The summed E-state index contributed by atoms with van der Waals surface area (Å²) in [6.45, 7) is 0. The minimum absolute atomic E-state index is 0.229. The Morgan fingerprint density at radius 3 is 2.24 bits per heavy atom. The molecule has 3 aromatic rings. The van der Waals surface area contributed by atoms with Gasteiger partial charge in [-0.2, -0.15) is 5.06 Å². The lowest BCUT2D eigenvalue weighted by Gasteiger charge is -2.30. The largest absolute Gasteiger partial charge is 0.359 e. The number of hydrogen-bond acceptors (Lipinski definition) is 4. The molecule has 0 saturated carbocycles. The van der Waals surface area contributed by atoms with Crippen LogP contribution in [0.15, 0.2) is 66.7 Å². The zero-order chi connectivity index (χ0) is 17.6. The van der Waals surface area contributed by atoms with Gasteiger partial charge in [-0.15, -0.1) is 0 Å². The average Bonchev–Trinajstić information content (AvgIpc) is 2.87. The van der Waals surface area contributed by atoms with Crippen LogP contribution in [0.1, 0.15) is 26.3 Å². The van der Waals surface area contributed by atoms with Crippen molar-refractivity contribution in [3.05, 3.63) is 83.4 Å². The van der Waals surface area contributed by atoms with E-state index in [0.717, 1.165) is 15.8 Å². The normalized spacial score (nSPS) is 19.3. The number of fused-ring (bicyclic) bond motifs is 2. The lowest BCUT2D eigenvalue weighted by Crippen LogP contribution is -2.49. The minimum Gasteiger partial charge on any atom is -0.359 e. The first-order chi connectivity index (χ1) is 12.1. The van der Waals surface area contributed by atoms with Gasteiger partial charge in [-0.05, 0) is 22.9 Å². The number of hydrogen-bond donors (Lipinski definition) is 1. The topological polar surface area (TPSA) is 66.8 Å². The Balaban J connectivity index is 1.97. The third kappa shape index (κ3) is 2.10. The number of ketones is 1. The van der Waals surface area contributed by atoms with Gasteiger partial charge < -0.3 is 5.11 Å². The number of rotatable bonds is 3. The quantitative estimate of drug-likeness (QED) is 0.749. The van der Waals surface area contributed by atoms with E-state index in [9.17, 15) is 14.7 Å². The highest BCUT2D eigenvalue weighted by Gasteiger charge is 2.55. The maximum Gasteiger partial charge on any atom is 0.281 e. The van der Waals surface area contributed by atoms with Gasteiger partial charge in [-0.25, -0.2) is 0 Å². The number of benzene rings is 3. The van der Waals surface area contributed by atoms with E-state index in [1.807, 2.05) is 24.3 Å². The summed E-state index contributed by atoms with van der Waals surface area (Å²) in [5.41, 5.74) is -1.42. The Kier molecular flexibility index (Phi) is 3.42. The van der Waals surface area contributed by atoms with Crippen molar-refractivity contribution < 1.29 is 19.5 Å². The van der Waals surface area contributed by atoms with Crippen LogP contribution in [-0.4, -0.2) is 29.0 Å². The van der Waals surface area contributed by atoms with Gasteiger partial charge >= 0.3 is 0 Å². The van der Waals surface area contributed by atoms with Crippen LogP contribution in [-0.2, 0) is 10.6 Å². The molecule has 0 aliphatic carbocycles. The molecule has 1 N–H and O–H groups in total. The summed E-state index contributed by atoms with van der Waals surface area (Å²) in [5.74, 6) is -1.16. The molecule has 3 aromatic carbocycles. The van der Waals surface area contributed by atoms with E-state index in [1.165, 1.54) is 7.11 Å². The Hall–Kier alpha value is -3.02. The molecule has 4 rings (SSSR count). The Morgan fingerprint density at radius 2 is 1.60 bits per heavy atom. The van der Waals surface area contributed by atoms with Crippen LogP contribution in [0.5, 0.6) is 0 Å². The Labute approximate surface area is 144 Å². The highest BCUT2D eigenvalue weighted by Crippen LogP contribution is 2.41. The van der Waals surface area contributed by atoms with E-state index < -0.39 is 17.4 Å². The zero-order valence-electron chi connectivity index (χ0n) is 13.5. The van der Waals surface area contributed by atoms with E-state index in [-0.39, 0.29) is 11.1 Å². The molecule has 1 aliphatic rings. The Morgan fingerprint density at radius 1 is 1.00 bits per heavy atom. The van der Waals surface area contributed by atoms with E-state index in [0.29, 0.717) is 5.56 Å². The third-order valence-electron chi connectivity index (χ3n) is 4.51. The molecule has 1 unspecified atom stereocenters. The molecule has 25 heavy (non-hydrogen) atoms. The molecule has 1 heterocycles. The molecule has 0 fully saturated rings. The lowest BCUT2D eigenvalue weighted by molar-refractivity contribution is -0.217. The fraction of sp³-hybridized carbons (Fsp3) is 0.100. The summed E-state index contributed by atoms with van der Waals surface area (Å²) in [6.07, 6.45) is 0. The number of amides is 1. The van der Waals surface area contributed by atoms with Crippen molar-refractivity contribution in [2.75, 3.05) is 7.11 Å². The second kappa shape index (κ2) is 5.51. The van der Waals surface area contributed by atoms with Gasteiger partial charge in [0.1, 0.15) is 0 Å². The number of Topliss-reactive ketones (excluding diaryl/α,β-unsaturated/α-hetero) is 1. The van der Waals surface area contributed by atoms with Gasteiger partial charge in [0.2, 0.25) is 5.78 Å². The van der Waals surface area contributed by atoms with Crippen LogP contribution in [0.4, 0.5) is 0 Å². The van der Waals surface area contributed by atoms with Crippen LogP contribution >= 0.6 is 0 Å². The molecular weight excluding hydrogens is 318 g/mol. The molecule has 0 bridgehead atoms. The maximum atomic E-state index is 13.1. The van der Waals surface area contributed by atoms with Crippen molar-refractivity contribution in [1.82, 2.24) is 5.06 Å². The van der Waals surface area contributed by atoms with E-state index in [4.69, 9.17) is 4.84 Å². The summed E-state index contributed by atoms with van der Waals surface area (Å²) in [4.78, 5) is 30.9. The molecule has 5 heteroatoms. The molecule has 0 saturated heterocycles. The second-order valence-electron chi connectivity index (χ2n) is 5.89. The van der Waals surface area contributed by atoms with E-state index >= 15 is 0 Å². The van der Waals surface area contributed by atoms with Gasteiger partial charge in [0, 0.05) is 11.1 Å². The molecule has 124 valence electrons. The van der Waals surface area contributed by atoms with Crippen LogP contribution in [0.3, 0.4) is 0 Å². The Bertz CT molecular complexity index is 999. The monoisotopic (exact) mass is 333 g/mol. The highest BCUT2D eigenvalue weighted by molar-refractivity contribution is 6.12. The van der Waals surface area contributed by atoms with E-state index in [2.05, 4.69) is 0 Å². The summed E-state index contributed by atoms with van der Waals surface area (Å²) in [5, 5.41) is 13.7. The van der Waals surface area contributed by atoms with Crippen molar-refractivity contribution in [2.24, 2.45) is 0 Å². The SMILES string of the molecule is CON1C(=O)c2cc3ccccc3cc2C1(O)C(=O)c1ccccc1. The molecule has 1 amide bonds. The van der Waals surface area contributed by atoms with Crippen molar-refractivity contribution in [3.63, 3.8) is 0 Å². The molecule has 0 aromatic heterocycles. The van der Waals surface area contributed by atoms with Crippen LogP contribution in [0, 0.1) is 0 Å². The van der Waals surface area contributed by atoms with Gasteiger partial charge in [-0.3, -0.25) is 14.4 Å². The number of aliphatic hydroxyl groups is 1. The molecule has 0 radical (unpaired) electrons. The minimum atomic E-state index is -2.20. The average molecular weight is 333 g/mol. The molecule has 0 spiro atoms. The molecule has 1 atom stereocenters. The predicted octanol–water partition coefficient (Wildman–Crippen LogP) is 2.89. The van der Waals surface area contributed by atoms with Crippen LogP contribution < -0.4 is 0 Å². The summed E-state index contributed by atoms with van der Waals surface area (Å²) in [6, 6.07) is 19.2. The van der Waals surface area contributed by atoms with Gasteiger partial charge in [0.05, 0.1) is 12.7 Å². The smallest absolute Gasteiger partial charge is 0.281 e. The first kappa shape index (κ1) is 15.5. The fourth-order valence-corrected chi connectivity index (χ4v) is 3.29. The number of nitrogens with zero attached hydrogens (tertiary/aromatic N) is 1. The summed E-state index contributed by atoms with van der Waals surface area (Å²) >= 11 is 0. The summed E-state index contributed by atoms with van der Waals surface area (Å²) < 4.78 is 0. The van der Waals surface area contributed by atoms with Crippen molar-refractivity contribution in [1.29, 1.82) is 0 Å². The zero-order valence-corrected chi connectivity index (χ0v) is 13.5. The van der Waals surface area contributed by atoms with Crippen molar-refractivity contribution in [3.8, 4) is 0 Å². The van der Waals surface area contributed by atoms with Gasteiger partial charge in [0.25, 0.3) is 11.6 Å².